The van der Waals surface area contributed by atoms with Crippen LogP contribution in [0.3, 0.4) is 0 Å². The van der Waals surface area contributed by atoms with E-state index in [2.05, 4.69) is 15.6 Å². The molecule has 3 aromatic rings. The van der Waals surface area contributed by atoms with E-state index in [0.29, 0.717) is 17.3 Å². The number of hydrogen-bond donors (Lipinski definition) is 1. The van der Waals surface area contributed by atoms with E-state index in [1.54, 1.807) is 30.5 Å². The Morgan fingerprint density at radius 3 is 2.59 bits per heavy atom. The lowest BCUT2D eigenvalue weighted by Crippen LogP contribution is -2.29. The molecular formula is C21H22N4O2. The number of unbranched alkanes of at least 4 members (excludes halogenated alkanes) is 1. The molecule has 27 heavy (non-hydrogen) atoms. The molecule has 1 amide bonds. The summed E-state index contributed by atoms with van der Waals surface area (Å²) in [6, 6.07) is 14.8. The van der Waals surface area contributed by atoms with E-state index in [-0.39, 0.29) is 11.3 Å². The van der Waals surface area contributed by atoms with Crippen LogP contribution < -0.4 is 11.0 Å². The van der Waals surface area contributed by atoms with Crippen molar-refractivity contribution < 1.29 is 4.79 Å². The Morgan fingerprint density at radius 1 is 1.15 bits per heavy atom. The highest BCUT2D eigenvalue weighted by atomic mass is 16.2. The predicted molar refractivity (Wildman–Crippen MR) is 107 cm³/mol. The first-order valence-electron chi connectivity index (χ1n) is 9.00. The molecule has 2 aromatic carbocycles. The van der Waals surface area contributed by atoms with Crippen molar-refractivity contribution in [2.45, 2.75) is 33.2 Å². The molecular weight excluding hydrogens is 340 g/mol. The molecule has 0 aliphatic carbocycles. The lowest BCUT2D eigenvalue weighted by molar-refractivity contribution is 0.0949. The molecule has 1 N–H and O–H groups in total. The Morgan fingerprint density at radius 2 is 1.85 bits per heavy atom. The van der Waals surface area contributed by atoms with E-state index in [1.165, 1.54) is 4.68 Å². The van der Waals surface area contributed by atoms with Crippen LogP contribution in [0, 0.1) is 6.92 Å². The highest BCUT2D eigenvalue weighted by Crippen LogP contribution is 2.13. The molecule has 0 saturated carbocycles. The van der Waals surface area contributed by atoms with Gasteiger partial charge in [0.1, 0.15) is 0 Å². The van der Waals surface area contributed by atoms with Gasteiger partial charge in [-0.05, 0) is 30.5 Å². The molecule has 3 rings (SSSR count). The number of hydrogen-bond acceptors (Lipinski definition) is 4. The number of nitrogens with zero attached hydrogens (tertiary/aromatic N) is 3. The summed E-state index contributed by atoms with van der Waals surface area (Å²) >= 11 is 0. The summed E-state index contributed by atoms with van der Waals surface area (Å²) in [5.74, 6) is -0.443. The van der Waals surface area contributed by atoms with Gasteiger partial charge in [0.15, 0.2) is 5.69 Å². The second kappa shape index (κ2) is 8.40. The molecule has 0 bridgehead atoms. The van der Waals surface area contributed by atoms with E-state index in [9.17, 15) is 9.59 Å². The molecule has 0 unspecified atom stereocenters. The molecule has 0 spiro atoms. The lowest BCUT2D eigenvalue weighted by atomic mass is 10.1. The summed E-state index contributed by atoms with van der Waals surface area (Å²) in [6.45, 7) is 4.49. The van der Waals surface area contributed by atoms with Crippen molar-refractivity contribution in [3.63, 3.8) is 0 Å². The molecule has 0 aliphatic heterocycles. The number of nitrogens with one attached hydrogen (secondary N) is 1. The highest BCUT2D eigenvalue weighted by molar-refractivity contribution is 6.05. The van der Waals surface area contributed by atoms with Crippen LogP contribution in [-0.2, 0) is 6.54 Å². The van der Waals surface area contributed by atoms with Crippen LogP contribution in [0.1, 0.15) is 41.4 Å². The average Bonchev–Trinajstić information content (AvgIpc) is 2.69. The Bertz CT molecular complexity index is 1050. The van der Waals surface area contributed by atoms with E-state index < -0.39 is 5.91 Å². The van der Waals surface area contributed by atoms with Crippen LogP contribution in [0.2, 0.25) is 0 Å². The number of carbonyl (C=O) groups is 1. The van der Waals surface area contributed by atoms with Gasteiger partial charge in [0.05, 0.1) is 11.6 Å². The maximum Gasteiger partial charge on any atom is 0.292 e. The van der Waals surface area contributed by atoms with E-state index >= 15 is 0 Å². The highest BCUT2D eigenvalue weighted by Gasteiger charge is 2.16. The summed E-state index contributed by atoms with van der Waals surface area (Å²) in [5.41, 5.74) is 4.52. The van der Waals surface area contributed by atoms with Gasteiger partial charge in [-0.1, -0.05) is 55.8 Å². The van der Waals surface area contributed by atoms with Crippen LogP contribution in [0.15, 0.2) is 58.4 Å². The van der Waals surface area contributed by atoms with Gasteiger partial charge >= 0.3 is 0 Å². The number of hydrazone groups is 1. The van der Waals surface area contributed by atoms with Crippen molar-refractivity contribution >= 4 is 22.9 Å². The minimum atomic E-state index is -0.443. The fourth-order valence-corrected chi connectivity index (χ4v) is 2.81. The zero-order valence-electron chi connectivity index (χ0n) is 15.5. The molecule has 0 radical (unpaired) electrons. The largest absolute Gasteiger partial charge is 0.292 e. The molecule has 6 heteroatoms. The van der Waals surface area contributed by atoms with E-state index in [0.717, 1.165) is 24.0 Å². The number of amides is 1. The normalized spacial score (nSPS) is 11.2. The van der Waals surface area contributed by atoms with Crippen molar-refractivity contribution in [3.05, 3.63) is 75.7 Å². The zero-order chi connectivity index (χ0) is 19.2. The van der Waals surface area contributed by atoms with Crippen LogP contribution in [0.4, 0.5) is 0 Å². The fourth-order valence-electron chi connectivity index (χ4n) is 2.81. The monoisotopic (exact) mass is 362 g/mol. The molecule has 0 atom stereocenters. The maximum absolute atomic E-state index is 12.7. The fraction of sp³-hybridized carbons (Fsp3) is 0.238. The molecule has 1 heterocycles. The third-order valence-corrected chi connectivity index (χ3v) is 4.36. The Kier molecular flexibility index (Phi) is 5.76. The van der Waals surface area contributed by atoms with Gasteiger partial charge in [-0.2, -0.15) is 10.2 Å². The van der Waals surface area contributed by atoms with Gasteiger partial charge < -0.3 is 0 Å². The number of aryl methyl sites for hydroxylation is 2. The molecule has 138 valence electrons. The third-order valence-electron chi connectivity index (χ3n) is 4.36. The van der Waals surface area contributed by atoms with Crippen LogP contribution in [-0.4, -0.2) is 21.9 Å². The number of carbonyl (C=O) groups excluding carboxylic acids is 1. The summed E-state index contributed by atoms with van der Waals surface area (Å²) in [4.78, 5) is 25.3. The standard InChI is InChI=1S/C21H22N4O2/c1-3-4-13-25-21(27)18-12-8-7-11-17(18)19(24-25)20(26)23-22-14-16-10-6-5-9-15(16)2/h5-12,14H,3-4,13H2,1-2H3,(H,23,26)/b22-14-. The Balaban J connectivity index is 1.92. The van der Waals surface area contributed by atoms with Crippen molar-refractivity contribution in [2.75, 3.05) is 0 Å². The first kappa shape index (κ1) is 18.5. The summed E-state index contributed by atoms with van der Waals surface area (Å²) in [7, 11) is 0. The van der Waals surface area contributed by atoms with Crippen LogP contribution in [0.5, 0.6) is 0 Å². The van der Waals surface area contributed by atoms with Crippen molar-refractivity contribution in [3.8, 4) is 0 Å². The smallest absolute Gasteiger partial charge is 0.267 e. The van der Waals surface area contributed by atoms with Gasteiger partial charge in [0.2, 0.25) is 0 Å². The van der Waals surface area contributed by atoms with Gasteiger partial charge in [-0.3, -0.25) is 9.59 Å². The number of rotatable bonds is 6. The molecule has 0 aliphatic rings. The lowest BCUT2D eigenvalue weighted by Gasteiger charge is -2.09. The number of aromatic nitrogens is 2. The van der Waals surface area contributed by atoms with Crippen molar-refractivity contribution in [2.24, 2.45) is 5.10 Å². The first-order chi connectivity index (χ1) is 13.1. The van der Waals surface area contributed by atoms with E-state index in [4.69, 9.17) is 0 Å². The first-order valence-corrected chi connectivity index (χ1v) is 9.00. The quantitative estimate of drug-likeness (QED) is 0.540. The van der Waals surface area contributed by atoms with Crippen molar-refractivity contribution in [1.82, 2.24) is 15.2 Å². The predicted octanol–water partition coefficient (Wildman–Crippen LogP) is 3.27. The molecule has 6 nitrogen and oxygen atoms in total. The number of fused-ring (bicyclic) bond motifs is 1. The topological polar surface area (TPSA) is 76.3 Å². The van der Waals surface area contributed by atoms with Crippen molar-refractivity contribution in [1.29, 1.82) is 0 Å². The van der Waals surface area contributed by atoms with Gasteiger partial charge in [-0.25, -0.2) is 10.1 Å². The summed E-state index contributed by atoms with van der Waals surface area (Å²) in [5, 5.41) is 9.36. The molecule has 1 aromatic heterocycles. The second-order valence-electron chi connectivity index (χ2n) is 6.33. The summed E-state index contributed by atoms with van der Waals surface area (Å²) in [6.07, 6.45) is 3.35. The average molecular weight is 362 g/mol. The molecule has 0 saturated heterocycles. The van der Waals surface area contributed by atoms with Gasteiger partial charge in [-0.15, -0.1) is 0 Å². The van der Waals surface area contributed by atoms with Gasteiger partial charge in [0, 0.05) is 11.9 Å². The summed E-state index contributed by atoms with van der Waals surface area (Å²) < 4.78 is 1.37. The third kappa shape index (κ3) is 4.11. The van der Waals surface area contributed by atoms with E-state index in [1.807, 2.05) is 38.1 Å². The minimum Gasteiger partial charge on any atom is -0.267 e. The van der Waals surface area contributed by atoms with Crippen LogP contribution in [0.25, 0.3) is 10.8 Å². The minimum absolute atomic E-state index is 0.181. The Labute approximate surface area is 157 Å². The number of benzene rings is 2. The SMILES string of the molecule is CCCCn1nc(C(=O)N/N=C\c2ccccc2C)c2ccccc2c1=O. The maximum atomic E-state index is 12.7. The zero-order valence-corrected chi connectivity index (χ0v) is 15.5. The Hall–Kier alpha value is -3.28. The second-order valence-corrected chi connectivity index (χ2v) is 6.33. The van der Waals surface area contributed by atoms with Gasteiger partial charge in [0.25, 0.3) is 11.5 Å². The molecule has 0 fully saturated rings. The van der Waals surface area contributed by atoms with Crippen LogP contribution >= 0.6 is 0 Å².